The molecule has 0 aliphatic carbocycles. The van der Waals surface area contributed by atoms with Crippen LogP contribution in [0.15, 0.2) is 78.9 Å². The summed E-state index contributed by atoms with van der Waals surface area (Å²) in [6.07, 6.45) is 0. The fourth-order valence-electron chi connectivity index (χ4n) is 3.67. The molecule has 0 saturated heterocycles. The van der Waals surface area contributed by atoms with E-state index in [2.05, 4.69) is 31.0 Å². The van der Waals surface area contributed by atoms with E-state index in [1.54, 1.807) is 12.1 Å². The number of aryl methyl sites for hydroxylation is 3. The number of nitrogens with zero attached hydrogens (tertiary/aromatic N) is 1. The molecule has 4 rings (SSSR count). The van der Waals surface area contributed by atoms with Crippen molar-refractivity contribution in [2.45, 2.75) is 27.4 Å². The van der Waals surface area contributed by atoms with Gasteiger partial charge in [-0.1, -0.05) is 30.3 Å². The minimum atomic E-state index is -0.305. The van der Waals surface area contributed by atoms with Crippen molar-refractivity contribution in [3.8, 4) is 28.5 Å². The van der Waals surface area contributed by atoms with Gasteiger partial charge in [0.15, 0.2) is 0 Å². The van der Waals surface area contributed by atoms with Crippen LogP contribution < -0.4 is 9.47 Å². The van der Waals surface area contributed by atoms with Crippen LogP contribution in [0.25, 0.3) is 11.1 Å². The summed E-state index contributed by atoms with van der Waals surface area (Å²) in [6.45, 7) is 6.47. The molecule has 0 aliphatic heterocycles. The van der Waals surface area contributed by atoms with E-state index in [-0.39, 0.29) is 5.82 Å². The van der Waals surface area contributed by atoms with Gasteiger partial charge < -0.3 is 9.47 Å². The molecule has 3 nitrogen and oxygen atoms in total. The molecular formula is C27H24FNO2. The Kier molecular flexibility index (Phi) is 5.99. The normalized spacial score (nSPS) is 10.7. The number of rotatable bonds is 6. The predicted octanol–water partition coefficient (Wildman–Crippen LogP) is 7.18. The zero-order valence-corrected chi connectivity index (χ0v) is 17.9. The molecule has 0 bridgehead atoms. The molecule has 1 aromatic heterocycles. The number of hydrogen-bond acceptors (Lipinski definition) is 3. The highest BCUT2D eigenvalue weighted by molar-refractivity contribution is 5.72. The standard InChI is InChI=1S/C27H24FNO2/c1-18-13-25(31-26-12-4-7-20(3)29-26)14-19(2)27(18)22-9-5-8-21(15-22)17-30-24-11-6-10-23(28)16-24/h4-16H,17H2,1-3H3. The highest BCUT2D eigenvalue weighted by atomic mass is 19.1. The summed E-state index contributed by atoms with van der Waals surface area (Å²) in [5.74, 6) is 1.56. The van der Waals surface area contributed by atoms with Crippen molar-refractivity contribution in [2.24, 2.45) is 0 Å². The van der Waals surface area contributed by atoms with Gasteiger partial charge in [-0.3, -0.25) is 0 Å². The number of aromatic nitrogens is 1. The number of hydrogen-bond donors (Lipinski definition) is 0. The highest BCUT2D eigenvalue weighted by Crippen LogP contribution is 2.33. The van der Waals surface area contributed by atoms with Gasteiger partial charge in [0.1, 0.15) is 23.9 Å². The van der Waals surface area contributed by atoms with Crippen LogP contribution in [0.4, 0.5) is 4.39 Å². The lowest BCUT2D eigenvalue weighted by molar-refractivity contribution is 0.304. The Morgan fingerprint density at radius 1 is 0.774 bits per heavy atom. The molecule has 0 saturated carbocycles. The summed E-state index contributed by atoms with van der Waals surface area (Å²) in [6, 6.07) is 24.2. The minimum absolute atomic E-state index is 0.305. The second-order valence-electron chi connectivity index (χ2n) is 7.60. The third-order valence-electron chi connectivity index (χ3n) is 5.01. The summed E-state index contributed by atoms with van der Waals surface area (Å²) >= 11 is 0. The molecule has 0 aliphatic rings. The Bertz CT molecular complexity index is 1200. The van der Waals surface area contributed by atoms with Gasteiger partial charge in [0.05, 0.1) is 0 Å². The van der Waals surface area contributed by atoms with Crippen LogP contribution in [0.3, 0.4) is 0 Å². The van der Waals surface area contributed by atoms with Gasteiger partial charge in [-0.15, -0.1) is 0 Å². The second kappa shape index (κ2) is 9.00. The summed E-state index contributed by atoms with van der Waals surface area (Å²) in [4.78, 5) is 4.41. The Hall–Kier alpha value is -3.66. The van der Waals surface area contributed by atoms with E-state index in [0.29, 0.717) is 18.2 Å². The zero-order chi connectivity index (χ0) is 21.8. The molecule has 4 heteroatoms. The average molecular weight is 413 g/mol. The molecule has 156 valence electrons. The minimum Gasteiger partial charge on any atom is -0.489 e. The van der Waals surface area contributed by atoms with Crippen molar-refractivity contribution in [1.82, 2.24) is 4.98 Å². The van der Waals surface area contributed by atoms with Crippen molar-refractivity contribution >= 4 is 0 Å². The topological polar surface area (TPSA) is 31.4 Å². The molecule has 0 radical (unpaired) electrons. The SMILES string of the molecule is Cc1cccc(Oc2cc(C)c(-c3cccc(COc4cccc(F)c4)c3)c(C)c2)n1. The molecule has 0 unspecified atom stereocenters. The lowest BCUT2D eigenvalue weighted by Crippen LogP contribution is -1.97. The van der Waals surface area contributed by atoms with Crippen molar-refractivity contribution < 1.29 is 13.9 Å². The smallest absolute Gasteiger partial charge is 0.219 e. The average Bonchev–Trinajstić information content (AvgIpc) is 2.72. The fourth-order valence-corrected chi connectivity index (χ4v) is 3.67. The highest BCUT2D eigenvalue weighted by Gasteiger charge is 2.10. The van der Waals surface area contributed by atoms with E-state index >= 15 is 0 Å². The first-order chi connectivity index (χ1) is 15.0. The van der Waals surface area contributed by atoms with Gasteiger partial charge in [0.25, 0.3) is 0 Å². The molecular weight excluding hydrogens is 389 g/mol. The Morgan fingerprint density at radius 3 is 2.26 bits per heavy atom. The van der Waals surface area contributed by atoms with Crippen LogP contribution in [0.1, 0.15) is 22.4 Å². The van der Waals surface area contributed by atoms with Crippen LogP contribution in [0.5, 0.6) is 17.4 Å². The lowest BCUT2D eigenvalue weighted by atomic mass is 9.94. The molecule has 0 N–H and O–H groups in total. The Balaban J connectivity index is 1.55. The molecule has 4 aromatic rings. The van der Waals surface area contributed by atoms with Gasteiger partial charge in [-0.25, -0.2) is 9.37 Å². The van der Waals surface area contributed by atoms with Gasteiger partial charge in [-0.05, 0) is 85.0 Å². The first-order valence-corrected chi connectivity index (χ1v) is 10.2. The molecule has 3 aromatic carbocycles. The fraction of sp³-hybridized carbons (Fsp3) is 0.148. The van der Waals surface area contributed by atoms with Gasteiger partial charge in [0, 0.05) is 17.8 Å². The number of benzene rings is 3. The Labute approximate surface area is 182 Å². The molecule has 1 heterocycles. The van der Waals surface area contributed by atoms with Crippen LogP contribution in [-0.2, 0) is 6.61 Å². The largest absolute Gasteiger partial charge is 0.489 e. The van der Waals surface area contributed by atoms with Crippen molar-refractivity contribution in [3.63, 3.8) is 0 Å². The maximum Gasteiger partial charge on any atom is 0.219 e. The van der Waals surface area contributed by atoms with Gasteiger partial charge in [-0.2, -0.15) is 0 Å². The Morgan fingerprint density at radius 2 is 1.52 bits per heavy atom. The maximum absolute atomic E-state index is 13.4. The van der Waals surface area contributed by atoms with Crippen LogP contribution >= 0.6 is 0 Å². The van der Waals surface area contributed by atoms with E-state index in [0.717, 1.165) is 39.3 Å². The van der Waals surface area contributed by atoms with E-state index in [1.165, 1.54) is 12.1 Å². The van der Waals surface area contributed by atoms with E-state index in [1.807, 2.05) is 49.4 Å². The zero-order valence-electron chi connectivity index (χ0n) is 17.9. The van der Waals surface area contributed by atoms with Crippen molar-refractivity contribution in [3.05, 3.63) is 107 Å². The number of ether oxygens (including phenoxy) is 2. The third kappa shape index (κ3) is 5.10. The second-order valence-corrected chi connectivity index (χ2v) is 7.60. The number of pyridine rings is 1. The summed E-state index contributed by atoms with van der Waals surface area (Å²) < 4.78 is 25.1. The van der Waals surface area contributed by atoms with Gasteiger partial charge in [0.2, 0.25) is 5.88 Å². The van der Waals surface area contributed by atoms with E-state index < -0.39 is 0 Å². The maximum atomic E-state index is 13.4. The van der Waals surface area contributed by atoms with E-state index in [4.69, 9.17) is 9.47 Å². The molecule has 0 fully saturated rings. The summed E-state index contributed by atoms with van der Waals surface area (Å²) in [5, 5.41) is 0. The van der Waals surface area contributed by atoms with E-state index in [9.17, 15) is 4.39 Å². The van der Waals surface area contributed by atoms with Crippen LogP contribution in [-0.4, -0.2) is 4.98 Å². The third-order valence-corrected chi connectivity index (χ3v) is 5.01. The lowest BCUT2D eigenvalue weighted by Gasteiger charge is -2.15. The summed E-state index contributed by atoms with van der Waals surface area (Å²) in [5.41, 5.74) is 6.44. The van der Waals surface area contributed by atoms with Crippen LogP contribution in [0, 0.1) is 26.6 Å². The molecule has 0 spiro atoms. The molecule has 0 amide bonds. The predicted molar refractivity (Wildman–Crippen MR) is 121 cm³/mol. The van der Waals surface area contributed by atoms with Crippen LogP contribution in [0.2, 0.25) is 0 Å². The van der Waals surface area contributed by atoms with Crippen molar-refractivity contribution in [1.29, 1.82) is 0 Å². The van der Waals surface area contributed by atoms with Crippen molar-refractivity contribution in [2.75, 3.05) is 0 Å². The number of halogens is 1. The quantitative estimate of drug-likeness (QED) is 0.335. The summed E-state index contributed by atoms with van der Waals surface area (Å²) in [7, 11) is 0. The first-order valence-electron chi connectivity index (χ1n) is 10.2. The monoisotopic (exact) mass is 413 g/mol. The van der Waals surface area contributed by atoms with Gasteiger partial charge >= 0.3 is 0 Å². The molecule has 0 atom stereocenters. The first kappa shape index (κ1) is 20.6. The molecule has 31 heavy (non-hydrogen) atoms.